The first-order valence-electron chi connectivity index (χ1n) is 19.1. The van der Waals surface area contributed by atoms with E-state index in [1.165, 1.54) is 5.39 Å². The van der Waals surface area contributed by atoms with Crippen molar-refractivity contribution < 1.29 is 4.42 Å². The highest BCUT2D eigenvalue weighted by Gasteiger charge is 2.22. The van der Waals surface area contributed by atoms with E-state index in [0.29, 0.717) is 17.6 Å². The number of hydrogen-bond donors (Lipinski definition) is 0. The summed E-state index contributed by atoms with van der Waals surface area (Å²) in [6.07, 6.45) is 0. The fraction of sp³-hybridized carbons (Fsp3) is 0. The molecule has 0 saturated heterocycles. The van der Waals surface area contributed by atoms with E-state index in [4.69, 9.17) is 19.4 Å². The molecule has 266 valence electrons. The molecular weight excluding hydrogens is 699 g/mol. The van der Waals surface area contributed by atoms with E-state index in [9.17, 15) is 0 Å². The fourth-order valence-corrected chi connectivity index (χ4v) is 8.57. The molecule has 0 N–H and O–H groups in total. The Hall–Kier alpha value is -7.83. The first-order valence-corrected chi connectivity index (χ1v) is 19.1. The molecule has 0 saturated carbocycles. The Morgan fingerprint density at radius 3 is 1.54 bits per heavy atom. The Morgan fingerprint density at radius 1 is 0.333 bits per heavy atom. The van der Waals surface area contributed by atoms with E-state index in [2.05, 4.69) is 149 Å². The van der Waals surface area contributed by atoms with Gasteiger partial charge in [-0.3, -0.25) is 4.57 Å². The summed E-state index contributed by atoms with van der Waals surface area (Å²) in [6.45, 7) is 0. The maximum Gasteiger partial charge on any atom is 0.238 e. The molecule has 6 heteroatoms. The fourth-order valence-electron chi connectivity index (χ4n) is 8.57. The number of benzene rings is 8. The minimum absolute atomic E-state index is 0.554. The highest BCUT2D eigenvalue weighted by Crippen LogP contribution is 2.42. The molecular formula is C51H31N5O. The second kappa shape index (κ2) is 12.3. The van der Waals surface area contributed by atoms with Crippen molar-refractivity contribution in [2.45, 2.75) is 0 Å². The molecule has 6 nitrogen and oxygen atoms in total. The third kappa shape index (κ3) is 4.87. The van der Waals surface area contributed by atoms with Gasteiger partial charge in [0.2, 0.25) is 5.95 Å². The predicted molar refractivity (Wildman–Crippen MR) is 232 cm³/mol. The van der Waals surface area contributed by atoms with Gasteiger partial charge in [0.15, 0.2) is 17.2 Å². The minimum Gasteiger partial charge on any atom is -0.454 e. The van der Waals surface area contributed by atoms with Crippen LogP contribution in [0.1, 0.15) is 0 Å². The number of furan rings is 1. The number of aromatic nitrogens is 5. The highest BCUT2D eigenvalue weighted by molar-refractivity contribution is 6.20. The van der Waals surface area contributed by atoms with Crippen LogP contribution in [0.25, 0.3) is 111 Å². The first kappa shape index (κ1) is 31.5. The van der Waals surface area contributed by atoms with Crippen molar-refractivity contribution in [3.63, 3.8) is 0 Å². The van der Waals surface area contributed by atoms with Crippen molar-refractivity contribution >= 4 is 65.6 Å². The van der Waals surface area contributed by atoms with Crippen LogP contribution in [-0.2, 0) is 0 Å². The molecule has 12 rings (SSSR count). The molecule has 0 amide bonds. The Bertz CT molecular complexity index is 3510. The van der Waals surface area contributed by atoms with Crippen LogP contribution in [0.3, 0.4) is 0 Å². The zero-order chi connectivity index (χ0) is 37.5. The molecule has 4 heterocycles. The number of nitrogens with zero attached hydrogens (tertiary/aromatic N) is 5. The second-order valence-corrected chi connectivity index (χ2v) is 14.4. The summed E-state index contributed by atoms with van der Waals surface area (Å²) in [7, 11) is 0. The predicted octanol–water partition coefficient (Wildman–Crippen LogP) is 13.0. The van der Waals surface area contributed by atoms with Crippen LogP contribution in [0.2, 0.25) is 0 Å². The number of rotatable bonds is 5. The van der Waals surface area contributed by atoms with Crippen LogP contribution in [-0.4, -0.2) is 24.1 Å². The van der Waals surface area contributed by atoms with Gasteiger partial charge in [-0.15, -0.1) is 0 Å². The smallest absolute Gasteiger partial charge is 0.238 e. The number of para-hydroxylation sites is 4. The lowest BCUT2D eigenvalue weighted by molar-refractivity contribution is 0.666. The summed E-state index contributed by atoms with van der Waals surface area (Å²) < 4.78 is 11.2. The van der Waals surface area contributed by atoms with Gasteiger partial charge in [-0.1, -0.05) is 152 Å². The van der Waals surface area contributed by atoms with Crippen molar-refractivity contribution in [1.82, 2.24) is 24.1 Å². The third-order valence-corrected chi connectivity index (χ3v) is 11.2. The molecule has 0 aliphatic rings. The summed E-state index contributed by atoms with van der Waals surface area (Å²) >= 11 is 0. The van der Waals surface area contributed by atoms with Crippen LogP contribution in [0.5, 0.6) is 0 Å². The maximum atomic E-state index is 6.62. The van der Waals surface area contributed by atoms with E-state index in [-0.39, 0.29) is 0 Å². The molecule has 0 atom stereocenters. The lowest BCUT2D eigenvalue weighted by Gasteiger charge is -2.12. The van der Waals surface area contributed by atoms with Gasteiger partial charge in [0.25, 0.3) is 0 Å². The standard InChI is InChI=1S/C51H31N5O/c1-3-14-32(15-4-1)33-26-28-35(29-27-33)50-52-49(34-16-5-2-6-17-34)53-51(54-50)56-43-23-11-8-19-37(43)41-30-40-36-18-7-10-22-42(36)55(45(40)31-46(41)56)44-24-13-21-39-38-20-9-12-25-47(38)57-48(39)44/h1-31H. The van der Waals surface area contributed by atoms with Gasteiger partial charge in [0.05, 0.1) is 27.8 Å². The van der Waals surface area contributed by atoms with Crippen molar-refractivity contribution in [2.75, 3.05) is 0 Å². The normalized spacial score (nSPS) is 11.9. The average molecular weight is 730 g/mol. The second-order valence-electron chi connectivity index (χ2n) is 14.4. The molecule has 0 unspecified atom stereocenters. The van der Waals surface area contributed by atoms with Crippen LogP contribution in [0.15, 0.2) is 192 Å². The lowest BCUT2D eigenvalue weighted by atomic mass is 10.0. The van der Waals surface area contributed by atoms with Gasteiger partial charge >= 0.3 is 0 Å². The largest absolute Gasteiger partial charge is 0.454 e. The molecule has 0 radical (unpaired) electrons. The molecule has 0 spiro atoms. The van der Waals surface area contributed by atoms with E-state index in [1.807, 2.05) is 48.5 Å². The summed E-state index contributed by atoms with van der Waals surface area (Å²) in [5.74, 6) is 1.77. The van der Waals surface area contributed by atoms with Crippen molar-refractivity contribution in [3.8, 4) is 45.5 Å². The molecule has 12 aromatic rings. The average Bonchev–Trinajstić information content (AvgIpc) is 3.93. The van der Waals surface area contributed by atoms with E-state index in [1.54, 1.807) is 0 Å². The van der Waals surface area contributed by atoms with Crippen molar-refractivity contribution in [3.05, 3.63) is 188 Å². The van der Waals surface area contributed by atoms with Crippen molar-refractivity contribution in [1.29, 1.82) is 0 Å². The zero-order valence-corrected chi connectivity index (χ0v) is 30.5. The quantitative estimate of drug-likeness (QED) is 0.177. The monoisotopic (exact) mass is 729 g/mol. The van der Waals surface area contributed by atoms with Gasteiger partial charge in [-0.05, 0) is 47.5 Å². The first-order chi connectivity index (χ1) is 28.3. The third-order valence-electron chi connectivity index (χ3n) is 11.2. The van der Waals surface area contributed by atoms with Gasteiger partial charge in [0.1, 0.15) is 5.58 Å². The van der Waals surface area contributed by atoms with E-state index >= 15 is 0 Å². The molecule has 8 aromatic carbocycles. The van der Waals surface area contributed by atoms with Crippen LogP contribution in [0.4, 0.5) is 0 Å². The summed E-state index contributed by atoms with van der Waals surface area (Å²) in [5.41, 5.74) is 11.0. The van der Waals surface area contributed by atoms with Gasteiger partial charge in [0, 0.05) is 43.4 Å². The molecule has 0 aliphatic carbocycles. The molecule has 0 aliphatic heterocycles. The molecule has 0 fully saturated rings. The Kier molecular flexibility index (Phi) is 6.83. The maximum absolute atomic E-state index is 6.62. The SMILES string of the molecule is c1ccc(-c2ccc(-c3nc(-c4ccccc4)nc(-n4c5ccccc5c5cc6c7ccccc7n(-c7cccc8c7oc7ccccc78)c6cc54)n3)cc2)cc1. The molecule has 57 heavy (non-hydrogen) atoms. The van der Waals surface area contributed by atoms with Crippen LogP contribution < -0.4 is 0 Å². The lowest BCUT2D eigenvalue weighted by Crippen LogP contribution is -2.06. The molecule has 0 bridgehead atoms. The van der Waals surface area contributed by atoms with E-state index in [0.717, 1.165) is 88.1 Å². The molecule has 4 aromatic heterocycles. The zero-order valence-electron chi connectivity index (χ0n) is 30.5. The van der Waals surface area contributed by atoms with Gasteiger partial charge < -0.3 is 8.98 Å². The Morgan fingerprint density at radius 2 is 0.842 bits per heavy atom. The number of hydrogen-bond acceptors (Lipinski definition) is 4. The van der Waals surface area contributed by atoms with Crippen molar-refractivity contribution in [2.24, 2.45) is 0 Å². The Balaban J connectivity index is 1.14. The van der Waals surface area contributed by atoms with E-state index < -0.39 is 0 Å². The number of fused-ring (bicyclic) bond motifs is 9. The highest BCUT2D eigenvalue weighted by atomic mass is 16.3. The van der Waals surface area contributed by atoms with Gasteiger partial charge in [-0.2, -0.15) is 9.97 Å². The van der Waals surface area contributed by atoms with Crippen LogP contribution in [0, 0.1) is 0 Å². The minimum atomic E-state index is 0.554. The summed E-state index contributed by atoms with van der Waals surface area (Å²) in [5, 5.41) is 6.78. The van der Waals surface area contributed by atoms with Gasteiger partial charge in [-0.25, -0.2) is 4.98 Å². The summed E-state index contributed by atoms with van der Waals surface area (Å²) in [4.78, 5) is 15.6. The van der Waals surface area contributed by atoms with Crippen LogP contribution >= 0.6 is 0 Å². The Labute approximate surface area is 326 Å². The topological polar surface area (TPSA) is 61.7 Å². The summed E-state index contributed by atoms with van der Waals surface area (Å²) in [6, 6.07) is 65.5.